The third-order valence-corrected chi connectivity index (χ3v) is 4.22. The molecule has 2 rings (SSSR count). The van der Waals surface area contributed by atoms with Crippen molar-refractivity contribution in [3.8, 4) is 0 Å². The van der Waals surface area contributed by atoms with Crippen LogP contribution in [0.15, 0.2) is 27.6 Å². The molecule has 9 heteroatoms. The van der Waals surface area contributed by atoms with Crippen molar-refractivity contribution in [2.24, 2.45) is 0 Å². The third-order valence-electron chi connectivity index (χ3n) is 2.63. The largest absolute Gasteiger partial charge is 0.444 e. The second-order valence-corrected chi connectivity index (χ2v) is 6.12. The Morgan fingerprint density at radius 1 is 1.33 bits per heavy atom. The Balaban J connectivity index is 2.35. The number of nitrogens with zero attached hydrogens (tertiary/aromatic N) is 1. The number of rotatable bonds is 4. The summed E-state index contributed by atoms with van der Waals surface area (Å²) in [4.78, 5) is 2.76. The van der Waals surface area contributed by atoms with E-state index in [9.17, 15) is 17.2 Å². The van der Waals surface area contributed by atoms with Crippen molar-refractivity contribution in [1.82, 2.24) is 9.71 Å². The molecule has 21 heavy (non-hydrogen) atoms. The van der Waals surface area contributed by atoms with Crippen LogP contribution in [0.2, 0.25) is 0 Å². The van der Waals surface area contributed by atoms with Crippen molar-refractivity contribution in [3.63, 3.8) is 0 Å². The van der Waals surface area contributed by atoms with Gasteiger partial charge in [-0.2, -0.15) is 4.72 Å². The standard InChI is InChI=1S/C12H13F2N3O3S/c1-6-5-16-12(20-6)7(2)17-21(18,19)11-9(13)3-8(15)4-10(11)14/h3-5,7,17H,15H2,1-2H3. The van der Waals surface area contributed by atoms with Crippen molar-refractivity contribution < 1.29 is 21.6 Å². The molecule has 6 nitrogen and oxygen atoms in total. The van der Waals surface area contributed by atoms with Crippen molar-refractivity contribution in [2.75, 3.05) is 5.73 Å². The Bertz CT molecular complexity index is 751. The van der Waals surface area contributed by atoms with Gasteiger partial charge in [0.2, 0.25) is 15.9 Å². The zero-order valence-electron chi connectivity index (χ0n) is 11.2. The minimum Gasteiger partial charge on any atom is -0.444 e. The summed E-state index contributed by atoms with van der Waals surface area (Å²) in [6, 6.07) is 0.579. The highest BCUT2D eigenvalue weighted by atomic mass is 32.2. The first-order chi connectivity index (χ1) is 9.70. The lowest BCUT2D eigenvalue weighted by Crippen LogP contribution is -2.28. The van der Waals surface area contributed by atoms with E-state index in [1.54, 1.807) is 6.92 Å². The zero-order chi connectivity index (χ0) is 15.8. The molecule has 0 spiro atoms. The van der Waals surface area contributed by atoms with E-state index in [4.69, 9.17) is 10.2 Å². The quantitative estimate of drug-likeness (QED) is 0.839. The zero-order valence-corrected chi connectivity index (χ0v) is 12.0. The molecule has 0 saturated heterocycles. The third kappa shape index (κ3) is 3.19. The maximum absolute atomic E-state index is 13.7. The maximum atomic E-state index is 13.7. The van der Waals surface area contributed by atoms with Gasteiger partial charge in [-0.05, 0) is 26.0 Å². The van der Waals surface area contributed by atoms with Crippen LogP contribution in [-0.2, 0) is 10.0 Å². The van der Waals surface area contributed by atoms with Crippen molar-refractivity contribution in [2.45, 2.75) is 24.8 Å². The number of benzene rings is 1. The van der Waals surface area contributed by atoms with E-state index >= 15 is 0 Å². The van der Waals surface area contributed by atoms with Gasteiger partial charge in [0.15, 0.2) is 4.90 Å². The van der Waals surface area contributed by atoms with Gasteiger partial charge < -0.3 is 10.2 Å². The highest BCUT2D eigenvalue weighted by molar-refractivity contribution is 7.89. The molecule has 0 aliphatic heterocycles. The molecule has 0 radical (unpaired) electrons. The Labute approximate surface area is 120 Å². The SMILES string of the molecule is Cc1cnc(C(C)NS(=O)(=O)c2c(F)cc(N)cc2F)o1. The predicted octanol–water partition coefficient (Wildman–Crippen LogP) is 1.88. The molecule has 0 aliphatic carbocycles. The van der Waals surface area contributed by atoms with Gasteiger partial charge >= 0.3 is 0 Å². The van der Waals surface area contributed by atoms with Gasteiger partial charge in [0, 0.05) is 5.69 Å². The molecule has 0 amide bonds. The normalized spacial score (nSPS) is 13.3. The first-order valence-electron chi connectivity index (χ1n) is 5.90. The number of anilines is 1. The molecule has 2 aromatic rings. The summed E-state index contributed by atoms with van der Waals surface area (Å²) in [5, 5.41) is 0. The maximum Gasteiger partial charge on any atom is 0.247 e. The Kier molecular flexibility index (Phi) is 3.97. The van der Waals surface area contributed by atoms with Gasteiger partial charge in [0.05, 0.1) is 12.2 Å². The van der Waals surface area contributed by atoms with Crippen LogP contribution in [0, 0.1) is 18.6 Å². The van der Waals surface area contributed by atoms with Crippen LogP contribution in [-0.4, -0.2) is 13.4 Å². The van der Waals surface area contributed by atoms with Gasteiger partial charge in [-0.15, -0.1) is 0 Å². The van der Waals surface area contributed by atoms with Crippen LogP contribution in [0.3, 0.4) is 0 Å². The first-order valence-corrected chi connectivity index (χ1v) is 7.38. The van der Waals surface area contributed by atoms with Crippen LogP contribution < -0.4 is 10.5 Å². The number of oxazole rings is 1. The van der Waals surface area contributed by atoms with Crippen LogP contribution in [0.1, 0.15) is 24.6 Å². The average Bonchev–Trinajstić information content (AvgIpc) is 2.73. The lowest BCUT2D eigenvalue weighted by Gasteiger charge is -2.12. The molecule has 1 aromatic carbocycles. The number of nitrogens with two attached hydrogens (primary N) is 1. The van der Waals surface area contributed by atoms with E-state index in [0.29, 0.717) is 5.76 Å². The number of aromatic nitrogens is 1. The fourth-order valence-corrected chi connectivity index (χ4v) is 3.07. The fourth-order valence-electron chi connectivity index (χ4n) is 1.75. The minimum absolute atomic E-state index is 0.0901. The smallest absolute Gasteiger partial charge is 0.247 e. The van der Waals surface area contributed by atoms with Gasteiger partial charge in [0.25, 0.3) is 0 Å². The van der Waals surface area contributed by atoms with E-state index in [-0.39, 0.29) is 11.6 Å². The van der Waals surface area contributed by atoms with E-state index < -0.39 is 32.6 Å². The van der Waals surface area contributed by atoms with Crippen LogP contribution in [0.25, 0.3) is 0 Å². The molecular formula is C12H13F2N3O3S. The number of halogens is 2. The summed E-state index contributed by atoms with van der Waals surface area (Å²) in [6.07, 6.45) is 1.41. The highest BCUT2D eigenvalue weighted by Gasteiger charge is 2.28. The van der Waals surface area contributed by atoms with Gasteiger partial charge in [-0.1, -0.05) is 0 Å². The molecule has 3 N–H and O–H groups in total. The van der Waals surface area contributed by atoms with Gasteiger partial charge in [-0.25, -0.2) is 22.2 Å². The first kappa shape index (κ1) is 15.4. The molecule has 1 aromatic heterocycles. The summed E-state index contributed by atoms with van der Waals surface area (Å²) in [6.45, 7) is 3.08. The predicted molar refractivity (Wildman–Crippen MR) is 70.7 cm³/mol. The number of hydrogen-bond donors (Lipinski definition) is 2. The van der Waals surface area contributed by atoms with Crippen molar-refractivity contribution in [3.05, 3.63) is 41.6 Å². The number of nitrogen functional groups attached to an aromatic ring is 1. The molecule has 1 heterocycles. The molecular weight excluding hydrogens is 304 g/mol. The molecule has 114 valence electrons. The minimum atomic E-state index is -4.43. The Hall–Kier alpha value is -2.00. The number of aryl methyl sites for hydroxylation is 1. The second kappa shape index (κ2) is 5.41. The van der Waals surface area contributed by atoms with Crippen molar-refractivity contribution >= 4 is 15.7 Å². The van der Waals surface area contributed by atoms with Crippen LogP contribution in [0.4, 0.5) is 14.5 Å². The van der Waals surface area contributed by atoms with E-state index in [1.165, 1.54) is 13.1 Å². The van der Waals surface area contributed by atoms with E-state index in [0.717, 1.165) is 12.1 Å². The molecule has 1 atom stereocenters. The average molecular weight is 317 g/mol. The lowest BCUT2D eigenvalue weighted by atomic mass is 10.3. The summed E-state index contributed by atoms with van der Waals surface area (Å²) in [7, 11) is -4.43. The summed E-state index contributed by atoms with van der Waals surface area (Å²) in [5.74, 6) is -1.96. The monoisotopic (exact) mass is 317 g/mol. The highest BCUT2D eigenvalue weighted by Crippen LogP contribution is 2.23. The second-order valence-electron chi connectivity index (χ2n) is 4.47. The summed E-state index contributed by atoms with van der Waals surface area (Å²) in [5.41, 5.74) is 5.04. The van der Waals surface area contributed by atoms with Gasteiger partial charge in [0.1, 0.15) is 17.4 Å². The van der Waals surface area contributed by atoms with E-state index in [2.05, 4.69) is 9.71 Å². The topological polar surface area (TPSA) is 98.2 Å². The van der Waals surface area contributed by atoms with Gasteiger partial charge in [-0.3, -0.25) is 0 Å². The Morgan fingerprint density at radius 2 is 1.90 bits per heavy atom. The Morgan fingerprint density at radius 3 is 2.38 bits per heavy atom. The molecule has 0 aliphatic rings. The molecule has 1 unspecified atom stereocenters. The molecule has 0 fully saturated rings. The molecule has 0 bridgehead atoms. The van der Waals surface area contributed by atoms with Crippen LogP contribution >= 0.6 is 0 Å². The number of sulfonamides is 1. The van der Waals surface area contributed by atoms with Crippen LogP contribution in [0.5, 0.6) is 0 Å². The van der Waals surface area contributed by atoms with Crippen molar-refractivity contribution in [1.29, 1.82) is 0 Å². The number of nitrogens with one attached hydrogen (secondary N) is 1. The molecule has 0 saturated carbocycles. The summed E-state index contributed by atoms with van der Waals surface area (Å²) >= 11 is 0. The number of hydrogen-bond acceptors (Lipinski definition) is 5. The lowest BCUT2D eigenvalue weighted by molar-refractivity contribution is 0.425. The van der Waals surface area contributed by atoms with E-state index in [1.807, 2.05) is 0 Å². The fraction of sp³-hybridized carbons (Fsp3) is 0.250. The summed E-state index contributed by atoms with van der Waals surface area (Å²) < 4.78 is 58.8.